The predicted octanol–water partition coefficient (Wildman–Crippen LogP) is 2.95. The second-order valence-corrected chi connectivity index (χ2v) is 8.75. The van der Waals surface area contributed by atoms with Gasteiger partial charge >= 0.3 is 5.97 Å². The number of morpholine rings is 1. The van der Waals surface area contributed by atoms with Crippen LogP contribution in [0.2, 0.25) is 0 Å². The summed E-state index contributed by atoms with van der Waals surface area (Å²) < 4.78 is 12.3. The molecule has 2 aromatic carbocycles. The minimum Gasteiger partial charge on any atom is -0.465 e. The molecular formula is C24H27N5O4S. The van der Waals surface area contributed by atoms with Gasteiger partial charge in [-0.2, -0.15) is 0 Å². The van der Waals surface area contributed by atoms with Crippen LogP contribution >= 0.6 is 11.8 Å². The van der Waals surface area contributed by atoms with E-state index >= 15 is 0 Å². The van der Waals surface area contributed by atoms with Gasteiger partial charge in [-0.25, -0.2) is 4.79 Å². The standard InChI is InChI=1S/C24H27N5O4S/c1-17-7-6-8-18(15-17)29-23(28-11-13-33-14-12-28)25-26-24(29)34-16-21(30)27(2)20-10-5-4-9-19(20)22(31)32-3/h4-10,15H,11-14,16H2,1-3H3. The molecule has 0 unspecified atom stereocenters. The lowest BCUT2D eigenvalue weighted by Crippen LogP contribution is -2.37. The number of carbonyl (C=O) groups excluding carboxylic acids is 2. The maximum Gasteiger partial charge on any atom is 0.339 e. The van der Waals surface area contributed by atoms with Gasteiger partial charge in [0.25, 0.3) is 0 Å². The Hall–Kier alpha value is -3.37. The molecule has 0 radical (unpaired) electrons. The first kappa shape index (κ1) is 23.8. The number of rotatable bonds is 7. The first-order valence-corrected chi connectivity index (χ1v) is 11.9. The number of hydrogen-bond acceptors (Lipinski definition) is 8. The third-order valence-electron chi connectivity index (χ3n) is 5.54. The summed E-state index contributed by atoms with van der Waals surface area (Å²) in [6.45, 7) is 4.74. The lowest BCUT2D eigenvalue weighted by molar-refractivity contribution is -0.115. The monoisotopic (exact) mass is 481 g/mol. The third-order valence-corrected chi connectivity index (χ3v) is 6.45. The fraction of sp³-hybridized carbons (Fsp3) is 0.333. The van der Waals surface area contributed by atoms with Gasteiger partial charge in [0.15, 0.2) is 5.16 Å². The van der Waals surface area contributed by atoms with Crippen molar-refractivity contribution in [1.82, 2.24) is 14.8 Å². The lowest BCUT2D eigenvalue weighted by Gasteiger charge is -2.28. The Bertz CT molecular complexity index is 1180. The Morgan fingerprint density at radius 1 is 1.12 bits per heavy atom. The smallest absolute Gasteiger partial charge is 0.339 e. The fourth-order valence-electron chi connectivity index (χ4n) is 3.72. The summed E-state index contributed by atoms with van der Waals surface area (Å²) in [6.07, 6.45) is 0. The van der Waals surface area contributed by atoms with Crippen molar-refractivity contribution < 1.29 is 19.1 Å². The molecule has 3 aromatic rings. The molecular weight excluding hydrogens is 454 g/mol. The van der Waals surface area contributed by atoms with E-state index < -0.39 is 5.97 Å². The Morgan fingerprint density at radius 2 is 1.88 bits per heavy atom. The van der Waals surface area contributed by atoms with Crippen molar-refractivity contribution in [2.75, 3.05) is 56.0 Å². The van der Waals surface area contributed by atoms with Crippen LogP contribution in [-0.2, 0) is 14.3 Å². The van der Waals surface area contributed by atoms with Crippen LogP contribution in [0.15, 0.2) is 53.7 Å². The van der Waals surface area contributed by atoms with Gasteiger partial charge in [-0.1, -0.05) is 36.0 Å². The minimum atomic E-state index is -0.489. The summed E-state index contributed by atoms with van der Waals surface area (Å²) in [5.74, 6) is 0.192. The quantitative estimate of drug-likeness (QED) is 0.376. The number of benzene rings is 2. The van der Waals surface area contributed by atoms with Crippen molar-refractivity contribution in [3.63, 3.8) is 0 Å². The van der Waals surface area contributed by atoms with E-state index in [1.165, 1.54) is 23.8 Å². The van der Waals surface area contributed by atoms with E-state index in [0.29, 0.717) is 29.6 Å². The number of carbonyl (C=O) groups is 2. The number of ether oxygens (including phenoxy) is 2. The highest BCUT2D eigenvalue weighted by molar-refractivity contribution is 7.99. The van der Waals surface area contributed by atoms with Crippen LogP contribution in [0.5, 0.6) is 0 Å². The first-order valence-electron chi connectivity index (χ1n) is 10.9. The molecule has 0 spiro atoms. The number of esters is 1. The Balaban J connectivity index is 1.58. The molecule has 178 valence electrons. The number of nitrogens with zero attached hydrogens (tertiary/aromatic N) is 5. The average Bonchev–Trinajstić information content (AvgIpc) is 3.31. The van der Waals surface area contributed by atoms with Crippen molar-refractivity contribution in [2.24, 2.45) is 0 Å². The molecule has 34 heavy (non-hydrogen) atoms. The second-order valence-electron chi connectivity index (χ2n) is 7.81. The third kappa shape index (κ3) is 5.07. The summed E-state index contributed by atoms with van der Waals surface area (Å²) in [5, 5.41) is 9.48. The zero-order valence-corrected chi connectivity index (χ0v) is 20.2. The van der Waals surface area contributed by atoms with Gasteiger partial charge in [-0.05, 0) is 36.8 Å². The number of methoxy groups -OCH3 is 1. The second kappa shape index (κ2) is 10.7. The molecule has 4 rings (SSSR count). The molecule has 1 saturated heterocycles. The number of aromatic nitrogens is 3. The van der Waals surface area contributed by atoms with Gasteiger partial charge in [-0.3, -0.25) is 9.36 Å². The largest absolute Gasteiger partial charge is 0.465 e. The molecule has 1 fully saturated rings. The highest BCUT2D eigenvalue weighted by Crippen LogP contribution is 2.28. The molecule has 0 saturated carbocycles. The van der Waals surface area contributed by atoms with Gasteiger partial charge in [0, 0.05) is 20.1 Å². The summed E-state index contributed by atoms with van der Waals surface area (Å²) in [7, 11) is 2.97. The van der Waals surface area contributed by atoms with Gasteiger partial charge in [0.05, 0.1) is 43.0 Å². The Morgan fingerprint density at radius 3 is 2.62 bits per heavy atom. The molecule has 10 heteroatoms. The van der Waals surface area contributed by atoms with Crippen LogP contribution in [0, 0.1) is 6.92 Å². The van der Waals surface area contributed by atoms with Crippen molar-refractivity contribution in [2.45, 2.75) is 12.1 Å². The first-order chi connectivity index (χ1) is 16.5. The van der Waals surface area contributed by atoms with E-state index in [4.69, 9.17) is 9.47 Å². The van der Waals surface area contributed by atoms with E-state index in [0.717, 1.165) is 30.3 Å². The summed E-state index contributed by atoms with van der Waals surface area (Å²) in [4.78, 5) is 28.8. The molecule has 0 aliphatic carbocycles. The molecule has 9 nitrogen and oxygen atoms in total. The summed E-state index contributed by atoms with van der Waals surface area (Å²) in [6, 6.07) is 15.0. The number of aryl methyl sites for hydroxylation is 1. The highest BCUT2D eigenvalue weighted by Gasteiger charge is 2.24. The number of para-hydroxylation sites is 1. The van der Waals surface area contributed by atoms with E-state index in [1.54, 1.807) is 31.3 Å². The van der Waals surface area contributed by atoms with E-state index in [9.17, 15) is 9.59 Å². The average molecular weight is 482 g/mol. The van der Waals surface area contributed by atoms with Crippen LogP contribution in [0.4, 0.5) is 11.6 Å². The predicted molar refractivity (Wildman–Crippen MR) is 131 cm³/mol. The van der Waals surface area contributed by atoms with E-state index in [1.807, 2.05) is 29.7 Å². The number of anilines is 2. The molecule has 0 bridgehead atoms. The van der Waals surface area contributed by atoms with E-state index in [2.05, 4.69) is 21.2 Å². The maximum absolute atomic E-state index is 13.1. The topological polar surface area (TPSA) is 89.8 Å². The minimum absolute atomic E-state index is 0.124. The zero-order valence-electron chi connectivity index (χ0n) is 19.4. The zero-order chi connectivity index (χ0) is 24.1. The van der Waals surface area contributed by atoms with Gasteiger partial charge < -0.3 is 19.3 Å². The molecule has 1 aliphatic rings. The highest BCUT2D eigenvalue weighted by atomic mass is 32.2. The van der Waals surface area contributed by atoms with Crippen LogP contribution in [0.3, 0.4) is 0 Å². The van der Waals surface area contributed by atoms with Crippen LogP contribution < -0.4 is 9.80 Å². The number of amides is 1. The fourth-order valence-corrected chi connectivity index (χ4v) is 4.58. The van der Waals surface area contributed by atoms with Crippen molar-refractivity contribution in [3.8, 4) is 5.69 Å². The van der Waals surface area contributed by atoms with Crippen molar-refractivity contribution >= 4 is 35.3 Å². The number of hydrogen-bond donors (Lipinski definition) is 0. The van der Waals surface area contributed by atoms with Gasteiger partial charge in [0.2, 0.25) is 11.9 Å². The van der Waals surface area contributed by atoms with Gasteiger partial charge in [0.1, 0.15) is 0 Å². The molecule has 0 N–H and O–H groups in total. The van der Waals surface area contributed by atoms with Gasteiger partial charge in [-0.15, -0.1) is 10.2 Å². The lowest BCUT2D eigenvalue weighted by atomic mass is 10.1. The normalized spacial score (nSPS) is 13.6. The van der Waals surface area contributed by atoms with Crippen LogP contribution in [-0.4, -0.2) is 72.9 Å². The summed E-state index contributed by atoms with van der Waals surface area (Å²) >= 11 is 1.31. The molecule has 1 aromatic heterocycles. The number of thioether (sulfide) groups is 1. The SMILES string of the molecule is COC(=O)c1ccccc1N(C)C(=O)CSc1nnc(N2CCOCC2)n1-c1cccc(C)c1. The molecule has 0 atom stereocenters. The van der Waals surface area contributed by atoms with Crippen LogP contribution in [0.1, 0.15) is 15.9 Å². The van der Waals surface area contributed by atoms with E-state index in [-0.39, 0.29) is 11.7 Å². The Labute approximate surface area is 202 Å². The molecule has 1 amide bonds. The van der Waals surface area contributed by atoms with Crippen LogP contribution in [0.25, 0.3) is 5.69 Å². The molecule has 2 heterocycles. The van der Waals surface area contributed by atoms with Crippen molar-refractivity contribution in [3.05, 3.63) is 59.7 Å². The molecule has 1 aliphatic heterocycles. The van der Waals surface area contributed by atoms with Crippen molar-refractivity contribution in [1.29, 1.82) is 0 Å². The maximum atomic E-state index is 13.1. The Kier molecular flexibility index (Phi) is 7.49. The summed E-state index contributed by atoms with van der Waals surface area (Å²) in [5.41, 5.74) is 2.88.